The van der Waals surface area contributed by atoms with E-state index in [1.165, 1.54) is 6.92 Å². The van der Waals surface area contributed by atoms with Crippen molar-refractivity contribution in [2.75, 3.05) is 6.61 Å². The number of Topliss-reactive ketones (excluding diaryl/α,β-unsaturated/α-hetero) is 1. The molecule has 100 valence electrons. The van der Waals surface area contributed by atoms with Crippen molar-refractivity contribution in [1.82, 2.24) is 0 Å². The predicted octanol–water partition coefficient (Wildman–Crippen LogP) is 3.03. The fourth-order valence-electron chi connectivity index (χ4n) is 1.85. The summed E-state index contributed by atoms with van der Waals surface area (Å²) in [4.78, 5) is 22.5. The Balaban J connectivity index is 2.62. The van der Waals surface area contributed by atoms with Gasteiger partial charge < -0.3 is 9.15 Å². The number of ether oxygens (including phenoxy) is 1. The molecule has 0 saturated carbocycles. The van der Waals surface area contributed by atoms with Gasteiger partial charge in [-0.25, -0.2) is 4.79 Å². The van der Waals surface area contributed by atoms with Crippen LogP contribution in [0.15, 0.2) is 21.3 Å². The standard InChI is InChI=1S/C14H13ClO4/c1-7(16)6-18-11-5-4-10-8(2)12(15)14(17)19-13(10)9(11)3/h4-5H,6H2,1-3H3. The van der Waals surface area contributed by atoms with Crippen LogP contribution in [0.5, 0.6) is 5.75 Å². The van der Waals surface area contributed by atoms with Crippen molar-refractivity contribution in [2.24, 2.45) is 0 Å². The predicted molar refractivity (Wildman–Crippen MR) is 73.1 cm³/mol. The summed E-state index contributed by atoms with van der Waals surface area (Å²) in [6.45, 7) is 4.97. The number of hydrogen-bond acceptors (Lipinski definition) is 4. The second-order valence-corrected chi connectivity index (χ2v) is 4.76. The Morgan fingerprint density at radius 1 is 1.32 bits per heavy atom. The molecule has 4 nitrogen and oxygen atoms in total. The van der Waals surface area contributed by atoms with E-state index in [-0.39, 0.29) is 17.4 Å². The molecule has 2 aromatic rings. The summed E-state index contributed by atoms with van der Waals surface area (Å²) < 4.78 is 10.6. The van der Waals surface area contributed by atoms with Gasteiger partial charge in [0.2, 0.25) is 0 Å². The van der Waals surface area contributed by atoms with Gasteiger partial charge in [0.1, 0.15) is 23.0 Å². The van der Waals surface area contributed by atoms with Crippen LogP contribution < -0.4 is 10.4 Å². The highest BCUT2D eigenvalue weighted by molar-refractivity contribution is 6.31. The fraction of sp³-hybridized carbons (Fsp3) is 0.286. The molecule has 0 amide bonds. The van der Waals surface area contributed by atoms with Crippen LogP contribution in [0.1, 0.15) is 18.1 Å². The lowest BCUT2D eigenvalue weighted by Gasteiger charge is -2.10. The molecule has 0 radical (unpaired) electrons. The molecule has 0 unspecified atom stereocenters. The van der Waals surface area contributed by atoms with E-state index >= 15 is 0 Å². The maximum absolute atomic E-state index is 11.6. The molecule has 0 saturated heterocycles. The van der Waals surface area contributed by atoms with Gasteiger partial charge in [0, 0.05) is 10.9 Å². The Bertz CT molecular complexity index is 715. The first-order valence-corrected chi connectivity index (χ1v) is 6.14. The summed E-state index contributed by atoms with van der Waals surface area (Å²) in [5, 5.41) is 0.849. The van der Waals surface area contributed by atoms with E-state index in [9.17, 15) is 9.59 Å². The normalized spacial score (nSPS) is 10.7. The van der Waals surface area contributed by atoms with E-state index in [2.05, 4.69) is 0 Å². The van der Waals surface area contributed by atoms with Crippen molar-refractivity contribution in [2.45, 2.75) is 20.8 Å². The Kier molecular flexibility index (Phi) is 3.62. The molecular weight excluding hydrogens is 268 g/mol. The van der Waals surface area contributed by atoms with E-state index < -0.39 is 5.63 Å². The molecule has 0 N–H and O–H groups in total. The zero-order valence-electron chi connectivity index (χ0n) is 10.9. The highest BCUT2D eigenvalue weighted by Crippen LogP contribution is 2.30. The van der Waals surface area contributed by atoms with Crippen LogP contribution in [0.4, 0.5) is 0 Å². The zero-order valence-corrected chi connectivity index (χ0v) is 11.6. The minimum atomic E-state index is -0.571. The largest absolute Gasteiger partial charge is 0.485 e. The molecular formula is C14H13ClO4. The lowest BCUT2D eigenvalue weighted by atomic mass is 10.1. The van der Waals surface area contributed by atoms with Gasteiger partial charge in [0.25, 0.3) is 0 Å². The molecule has 19 heavy (non-hydrogen) atoms. The van der Waals surface area contributed by atoms with Crippen LogP contribution in [0.3, 0.4) is 0 Å². The van der Waals surface area contributed by atoms with E-state index in [1.54, 1.807) is 26.0 Å². The minimum Gasteiger partial charge on any atom is -0.485 e. The van der Waals surface area contributed by atoms with Gasteiger partial charge in [-0.1, -0.05) is 11.6 Å². The number of carbonyl (C=O) groups is 1. The highest BCUT2D eigenvalue weighted by Gasteiger charge is 2.14. The van der Waals surface area contributed by atoms with Crippen molar-refractivity contribution >= 4 is 28.4 Å². The minimum absolute atomic E-state index is 0.0108. The van der Waals surface area contributed by atoms with Gasteiger partial charge in [-0.15, -0.1) is 0 Å². The third-order valence-corrected chi connectivity index (χ3v) is 3.33. The molecule has 2 rings (SSSR count). The maximum Gasteiger partial charge on any atom is 0.355 e. The van der Waals surface area contributed by atoms with Crippen LogP contribution >= 0.6 is 11.6 Å². The molecule has 0 aliphatic rings. The van der Waals surface area contributed by atoms with Gasteiger partial charge in [0.15, 0.2) is 5.78 Å². The summed E-state index contributed by atoms with van der Waals surface area (Å²) in [7, 11) is 0. The lowest BCUT2D eigenvalue weighted by molar-refractivity contribution is -0.118. The van der Waals surface area contributed by atoms with Crippen molar-refractivity contribution in [1.29, 1.82) is 0 Å². The van der Waals surface area contributed by atoms with Crippen LogP contribution in [0.2, 0.25) is 5.02 Å². The Hall–Kier alpha value is -1.81. The molecule has 0 aliphatic carbocycles. The van der Waals surface area contributed by atoms with Crippen molar-refractivity contribution in [3.63, 3.8) is 0 Å². The van der Waals surface area contributed by atoms with Crippen LogP contribution in [-0.4, -0.2) is 12.4 Å². The number of ketones is 1. The number of aryl methyl sites for hydroxylation is 2. The topological polar surface area (TPSA) is 56.5 Å². The molecule has 0 aliphatic heterocycles. The first-order chi connectivity index (χ1) is 8.91. The number of benzene rings is 1. The molecule has 0 bridgehead atoms. The first kappa shape index (κ1) is 13.6. The third kappa shape index (κ3) is 2.49. The van der Waals surface area contributed by atoms with Gasteiger partial charge in [0.05, 0.1) is 0 Å². The summed E-state index contributed by atoms with van der Waals surface area (Å²) in [5.74, 6) is 0.445. The molecule has 0 spiro atoms. The molecule has 1 aromatic carbocycles. The van der Waals surface area contributed by atoms with E-state index in [0.717, 1.165) is 5.39 Å². The van der Waals surface area contributed by atoms with Crippen molar-refractivity contribution < 1.29 is 13.9 Å². The lowest BCUT2D eigenvalue weighted by Crippen LogP contribution is -2.08. The van der Waals surface area contributed by atoms with Crippen LogP contribution in [0, 0.1) is 13.8 Å². The number of halogens is 1. The van der Waals surface area contributed by atoms with E-state index in [1.807, 2.05) is 0 Å². The second-order valence-electron chi connectivity index (χ2n) is 4.38. The Morgan fingerprint density at radius 3 is 2.63 bits per heavy atom. The third-order valence-electron chi connectivity index (χ3n) is 2.89. The Labute approximate surface area is 114 Å². The van der Waals surface area contributed by atoms with Crippen LogP contribution in [-0.2, 0) is 4.79 Å². The summed E-state index contributed by atoms with van der Waals surface area (Å²) in [6.07, 6.45) is 0. The molecule has 5 heteroatoms. The van der Waals surface area contributed by atoms with Crippen LogP contribution in [0.25, 0.3) is 11.0 Å². The Morgan fingerprint density at radius 2 is 2.00 bits per heavy atom. The monoisotopic (exact) mass is 280 g/mol. The smallest absolute Gasteiger partial charge is 0.355 e. The number of rotatable bonds is 3. The number of fused-ring (bicyclic) bond motifs is 1. The molecule has 0 atom stereocenters. The summed E-state index contributed by atoms with van der Waals surface area (Å²) in [5.41, 5.74) is 1.22. The molecule has 1 aromatic heterocycles. The van der Waals surface area contributed by atoms with E-state index in [0.29, 0.717) is 22.5 Å². The average molecular weight is 281 g/mol. The number of carbonyl (C=O) groups excluding carboxylic acids is 1. The average Bonchev–Trinajstić information content (AvgIpc) is 2.36. The van der Waals surface area contributed by atoms with Crippen molar-refractivity contribution in [3.05, 3.63) is 38.7 Å². The number of hydrogen-bond donors (Lipinski definition) is 0. The van der Waals surface area contributed by atoms with Gasteiger partial charge >= 0.3 is 5.63 Å². The maximum atomic E-state index is 11.6. The highest BCUT2D eigenvalue weighted by atomic mass is 35.5. The summed E-state index contributed by atoms with van der Waals surface area (Å²) >= 11 is 5.87. The fourth-order valence-corrected chi connectivity index (χ4v) is 1.99. The zero-order chi connectivity index (χ0) is 14.2. The molecule has 1 heterocycles. The summed E-state index contributed by atoms with van der Waals surface area (Å²) in [6, 6.07) is 3.51. The SMILES string of the molecule is CC(=O)COc1ccc2c(C)c(Cl)c(=O)oc2c1C. The second kappa shape index (κ2) is 5.05. The first-order valence-electron chi connectivity index (χ1n) is 5.76. The van der Waals surface area contributed by atoms with Gasteiger partial charge in [-0.05, 0) is 38.5 Å². The van der Waals surface area contributed by atoms with Crippen molar-refractivity contribution in [3.8, 4) is 5.75 Å². The van der Waals surface area contributed by atoms with Gasteiger partial charge in [-0.2, -0.15) is 0 Å². The molecule has 0 fully saturated rings. The van der Waals surface area contributed by atoms with Gasteiger partial charge in [-0.3, -0.25) is 4.79 Å². The quantitative estimate of drug-likeness (QED) is 0.811. The van der Waals surface area contributed by atoms with E-state index in [4.69, 9.17) is 20.8 Å².